The lowest BCUT2D eigenvalue weighted by atomic mass is 9.90. The van der Waals surface area contributed by atoms with E-state index in [4.69, 9.17) is 0 Å². The fourth-order valence-corrected chi connectivity index (χ4v) is 3.02. The van der Waals surface area contributed by atoms with Gasteiger partial charge in [-0.2, -0.15) is 0 Å². The molecule has 0 atom stereocenters. The lowest BCUT2D eigenvalue weighted by Gasteiger charge is -2.32. The van der Waals surface area contributed by atoms with Crippen LogP contribution in [0.25, 0.3) is 0 Å². The van der Waals surface area contributed by atoms with Gasteiger partial charge >= 0.3 is 6.03 Å². The SMILES string of the molecule is Cc1nccc(CNC(=O)N2CCC(c3ccccc3)CC2)n1. The highest BCUT2D eigenvalue weighted by atomic mass is 16.2. The fourth-order valence-electron chi connectivity index (χ4n) is 3.02. The van der Waals surface area contributed by atoms with Crippen LogP contribution in [0, 0.1) is 6.92 Å². The maximum Gasteiger partial charge on any atom is 0.317 e. The van der Waals surface area contributed by atoms with Crippen LogP contribution in [-0.4, -0.2) is 34.0 Å². The molecular formula is C18H22N4O. The third kappa shape index (κ3) is 4.06. The van der Waals surface area contributed by atoms with Gasteiger partial charge in [-0.25, -0.2) is 14.8 Å². The van der Waals surface area contributed by atoms with Gasteiger partial charge in [0.1, 0.15) is 5.82 Å². The number of aryl methyl sites for hydroxylation is 1. The number of hydrogen-bond acceptors (Lipinski definition) is 3. The molecular weight excluding hydrogens is 288 g/mol. The van der Waals surface area contributed by atoms with Crippen LogP contribution in [0.1, 0.15) is 35.8 Å². The molecule has 1 aromatic heterocycles. The first kappa shape index (κ1) is 15.5. The number of amides is 2. The normalized spacial score (nSPS) is 15.4. The van der Waals surface area contributed by atoms with E-state index in [2.05, 4.69) is 39.6 Å². The molecule has 5 nitrogen and oxygen atoms in total. The first-order valence-electron chi connectivity index (χ1n) is 8.08. The predicted molar refractivity (Wildman–Crippen MR) is 89.0 cm³/mol. The Balaban J connectivity index is 1.48. The van der Waals surface area contributed by atoms with E-state index in [1.54, 1.807) is 6.20 Å². The average molecular weight is 310 g/mol. The van der Waals surface area contributed by atoms with Crippen molar-refractivity contribution in [2.75, 3.05) is 13.1 Å². The Bertz CT molecular complexity index is 651. The number of urea groups is 1. The molecule has 1 aliphatic rings. The molecule has 0 saturated carbocycles. The van der Waals surface area contributed by atoms with Gasteiger partial charge in [0.25, 0.3) is 0 Å². The van der Waals surface area contributed by atoms with Gasteiger partial charge in [0.2, 0.25) is 0 Å². The van der Waals surface area contributed by atoms with Crippen LogP contribution in [-0.2, 0) is 6.54 Å². The number of piperidine rings is 1. The van der Waals surface area contributed by atoms with Gasteiger partial charge < -0.3 is 10.2 Å². The monoisotopic (exact) mass is 310 g/mol. The molecule has 0 bridgehead atoms. The second kappa shape index (κ2) is 7.22. The van der Waals surface area contributed by atoms with Crippen molar-refractivity contribution < 1.29 is 4.79 Å². The molecule has 0 aliphatic carbocycles. The molecule has 2 amide bonds. The van der Waals surface area contributed by atoms with Crippen molar-refractivity contribution in [2.45, 2.75) is 32.2 Å². The van der Waals surface area contributed by atoms with Crippen LogP contribution >= 0.6 is 0 Å². The minimum Gasteiger partial charge on any atom is -0.332 e. The Labute approximate surface area is 136 Å². The highest BCUT2D eigenvalue weighted by Crippen LogP contribution is 2.27. The lowest BCUT2D eigenvalue weighted by molar-refractivity contribution is 0.181. The smallest absolute Gasteiger partial charge is 0.317 e. The highest BCUT2D eigenvalue weighted by Gasteiger charge is 2.23. The standard InChI is InChI=1S/C18H22N4O/c1-14-19-10-7-17(21-14)13-20-18(23)22-11-8-16(9-12-22)15-5-3-2-4-6-15/h2-7,10,16H,8-9,11-13H2,1H3,(H,20,23). The molecule has 0 radical (unpaired) electrons. The van der Waals surface area contributed by atoms with Crippen molar-refractivity contribution in [3.05, 3.63) is 59.7 Å². The van der Waals surface area contributed by atoms with E-state index in [0.717, 1.165) is 37.4 Å². The van der Waals surface area contributed by atoms with Crippen LogP contribution < -0.4 is 5.32 Å². The summed E-state index contributed by atoms with van der Waals surface area (Å²) >= 11 is 0. The van der Waals surface area contributed by atoms with Crippen LogP contribution in [0.5, 0.6) is 0 Å². The van der Waals surface area contributed by atoms with E-state index in [9.17, 15) is 4.79 Å². The molecule has 5 heteroatoms. The van der Waals surface area contributed by atoms with Gasteiger partial charge in [-0.15, -0.1) is 0 Å². The van der Waals surface area contributed by atoms with Gasteiger partial charge in [0.05, 0.1) is 12.2 Å². The lowest BCUT2D eigenvalue weighted by Crippen LogP contribution is -2.43. The number of likely N-dealkylation sites (tertiary alicyclic amines) is 1. The molecule has 1 fully saturated rings. The summed E-state index contributed by atoms with van der Waals surface area (Å²) in [5, 5.41) is 2.95. The van der Waals surface area contributed by atoms with E-state index in [1.165, 1.54) is 5.56 Å². The van der Waals surface area contributed by atoms with Crippen molar-refractivity contribution >= 4 is 6.03 Å². The Morgan fingerprint density at radius 2 is 1.96 bits per heavy atom. The summed E-state index contributed by atoms with van der Waals surface area (Å²) in [7, 11) is 0. The zero-order valence-electron chi connectivity index (χ0n) is 13.4. The van der Waals surface area contributed by atoms with E-state index in [-0.39, 0.29) is 6.03 Å². The van der Waals surface area contributed by atoms with Gasteiger partial charge in [-0.05, 0) is 37.3 Å². The number of hydrogen-bond donors (Lipinski definition) is 1. The number of aromatic nitrogens is 2. The Hall–Kier alpha value is -2.43. The van der Waals surface area contributed by atoms with Gasteiger partial charge in [0.15, 0.2) is 0 Å². The largest absolute Gasteiger partial charge is 0.332 e. The molecule has 0 unspecified atom stereocenters. The first-order valence-corrected chi connectivity index (χ1v) is 8.08. The molecule has 2 heterocycles. The Morgan fingerprint density at radius 1 is 1.22 bits per heavy atom. The van der Waals surface area contributed by atoms with Gasteiger partial charge in [0, 0.05) is 19.3 Å². The summed E-state index contributed by atoms with van der Waals surface area (Å²) in [5.41, 5.74) is 2.22. The Kier molecular flexibility index (Phi) is 4.86. The summed E-state index contributed by atoms with van der Waals surface area (Å²) in [4.78, 5) is 22.5. The Morgan fingerprint density at radius 3 is 2.65 bits per heavy atom. The van der Waals surface area contributed by atoms with Gasteiger partial charge in [-0.1, -0.05) is 30.3 Å². The molecule has 23 heavy (non-hydrogen) atoms. The minimum absolute atomic E-state index is 0.00669. The second-order valence-corrected chi connectivity index (χ2v) is 5.93. The molecule has 1 N–H and O–H groups in total. The van der Waals surface area contributed by atoms with Crippen molar-refractivity contribution in [1.82, 2.24) is 20.2 Å². The van der Waals surface area contributed by atoms with Crippen molar-refractivity contribution in [3.63, 3.8) is 0 Å². The number of rotatable bonds is 3. The van der Waals surface area contributed by atoms with E-state index in [1.807, 2.05) is 24.0 Å². The van der Waals surface area contributed by atoms with E-state index < -0.39 is 0 Å². The molecule has 120 valence electrons. The van der Waals surface area contributed by atoms with E-state index in [0.29, 0.717) is 12.5 Å². The molecule has 3 rings (SSSR count). The summed E-state index contributed by atoms with van der Waals surface area (Å²) < 4.78 is 0. The third-order valence-electron chi connectivity index (χ3n) is 4.31. The summed E-state index contributed by atoms with van der Waals surface area (Å²) in [6.45, 7) is 3.89. The van der Waals surface area contributed by atoms with Crippen molar-refractivity contribution in [1.29, 1.82) is 0 Å². The number of nitrogens with one attached hydrogen (secondary N) is 1. The molecule has 2 aromatic rings. The van der Waals surface area contributed by atoms with Crippen LogP contribution in [0.4, 0.5) is 4.79 Å². The number of nitrogens with zero attached hydrogens (tertiary/aromatic N) is 3. The van der Waals surface area contributed by atoms with Crippen molar-refractivity contribution in [3.8, 4) is 0 Å². The van der Waals surface area contributed by atoms with Crippen LogP contribution in [0.3, 0.4) is 0 Å². The van der Waals surface area contributed by atoms with E-state index >= 15 is 0 Å². The predicted octanol–water partition coefficient (Wildman–Crippen LogP) is 2.87. The summed E-state index contributed by atoms with van der Waals surface area (Å²) in [5.74, 6) is 1.28. The zero-order chi connectivity index (χ0) is 16.1. The maximum atomic E-state index is 12.3. The van der Waals surface area contributed by atoms with Crippen molar-refractivity contribution in [2.24, 2.45) is 0 Å². The van der Waals surface area contributed by atoms with Crippen LogP contribution in [0.15, 0.2) is 42.6 Å². The molecule has 1 aliphatic heterocycles. The average Bonchev–Trinajstić information content (AvgIpc) is 2.61. The summed E-state index contributed by atoms with van der Waals surface area (Å²) in [6, 6.07) is 12.4. The minimum atomic E-state index is -0.00669. The fraction of sp³-hybridized carbons (Fsp3) is 0.389. The third-order valence-corrected chi connectivity index (χ3v) is 4.31. The first-order chi connectivity index (χ1) is 11.2. The summed E-state index contributed by atoms with van der Waals surface area (Å²) in [6.07, 6.45) is 3.75. The second-order valence-electron chi connectivity index (χ2n) is 5.93. The highest BCUT2D eigenvalue weighted by molar-refractivity contribution is 5.74. The molecule has 1 aromatic carbocycles. The zero-order valence-corrected chi connectivity index (χ0v) is 13.4. The maximum absolute atomic E-state index is 12.3. The molecule has 0 spiro atoms. The molecule has 1 saturated heterocycles. The van der Waals surface area contributed by atoms with Crippen LogP contribution in [0.2, 0.25) is 0 Å². The topological polar surface area (TPSA) is 58.1 Å². The number of benzene rings is 1. The van der Waals surface area contributed by atoms with Gasteiger partial charge in [-0.3, -0.25) is 0 Å². The quantitative estimate of drug-likeness (QED) is 0.948. The number of carbonyl (C=O) groups is 1. The number of carbonyl (C=O) groups excluding carboxylic acids is 1.